The molecule has 2 rings (SSSR count). The van der Waals surface area contributed by atoms with Gasteiger partial charge in [-0.1, -0.05) is 12.1 Å². The maximum Gasteiger partial charge on any atom is 0.217 e. The van der Waals surface area contributed by atoms with E-state index in [0.29, 0.717) is 6.54 Å². The predicted octanol–water partition coefficient (Wildman–Crippen LogP) is 2.11. The third-order valence-electron chi connectivity index (χ3n) is 2.36. The summed E-state index contributed by atoms with van der Waals surface area (Å²) in [4.78, 5) is 14.0. The Labute approximate surface area is 88.5 Å². The molecule has 2 N–H and O–H groups in total. The standard InChI is InChI=1S/C12H14N2O/c1-8-3-4-10-6-11(7-13-9(2)15)14-12(10)5-8/h3-6,14H,7H2,1-2H3,(H,13,15). The maximum atomic E-state index is 10.8. The number of benzene rings is 1. The van der Waals surface area contributed by atoms with Gasteiger partial charge in [0.15, 0.2) is 0 Å². The summed E-state index contributed by atoms with van der Waals surface area (Å²) < 4.78 is 0. The van der Waals surface area contributed by atoms with Crippen molar-refractivity contribution in [2.75, 3.05) is 0 Å². The van der Waals surface area contributed by atoms with E-state index in [0.717, 1.165) is 11.2 Å². The number of hydrogen-bond acceptors (Lipinski definition) is 1. The van der Waals surface area contributed by atoms with Crippen molar-refractivity contribution < 1.29 is 4.79 Å². The number of carbonyl (C=O) groups excluding carboxylic acids is 1. The number of fused-ring (bicyclic) bond motifs is 1. The van der Waals surface area contributed by atoms with Crippen molar-refractivity contribution in [3.63, 3.8) is 0 Å². The van der Waals surface area contributed by atoms with Crippen LogP contribution in [-0.4, -0.2) is 10.9 Å². The van der Waals surface area contributed by atoms with Gasteiger partial charge in [0.1, 0.15) is 0 Å². The number of H-pyrrole nitrogens is 1. The summed E-state index contributed by atoms with van der Waals surface area (Å²) in [6.07, 6.45) is 0. The third-order valence-corrected chi connectivity index (χ3v) is 2.36. The maximum absolute atomic E-state index is 10.8. The summed E-state index contributed by atoms with van der Waals surface area (Å²) >= 11 is 0. The van der Waals surface area contributed by atoms with Gasteiger partial charge >= 0.3 is 0 Å². The first-order valence-corrected chi connectivity index (χ1v) is 4.98. The van der Waals surface area contributed by atoms with Crippen LogP contribution < -0.4 is 5.32 Å². The molecule has 1 heterocycles. The number of hydrogen-bond donors (Lipinski definition) is 2. The van der Waals surface area contributed by atoms with Crippen LogP contribution in [0, 0.1) is 6.92 Å². The normalized spacial score (nSPS) is 10.5. The van der Waals surface area contributed by atoms with Crippen LogP contribution in [0.4, 0.5) is 0 Å². The minimum atomic E-state index is -0.00941. The van der Waals surface area contributed by atoms with E-state index in [4.69, 9.17) is 0 Å². The molecule has 1 aromatic heterocycles. The lowest BCUT2D eigenvalue weighted by Crippen LogP contribution is -2.18. The summed E-state index contributed by atoms with van der Waals surface area (Å²) in [6.45, 7) is 4.14. The fourth-order valence-corrected chi connectivity index (χ4v) is 1.62. The van der Waals surface area contributed by atoms with Crippen LogP contribution in [0.2, 0.25) is 0 Å². The number of rotatable bonds is 2. The molecule has 3 nitrogen and oxygen atoms in total. The van der Waals surface area contributed by atoms with Gasteiger partial charge in [0.05, 0.1) is 6.54 Å². The first-order valence-electron chi connectivity index (χ1n) is 4.98. The number of amides is 1. The van der Waals surface area contributed by atoms with E-state index < -0.39 is 0 Å². The van der Waals surface area contributed by atoms with Crippen molar-refractivity contribution in [1.82, 2.24) is 10.3 Å². The van der Waals surface area contributed by atoms with Crippen molar-refractivity contribution in [2.24, 2.45) is 0 Å². The SMILES string of the molecule is CC(=O)NCc1cc2ccc(C)cc2[nH]1. The van der Waals surface area contributed by atoms with Crippen LogP contribution in [0.3, 0.4) is 0 Å². The highest BCUT2D eigenvalue weighted by molar-refractivity contribution is 5.81. The third kappa shape index (κ3) is 2.18. The molecule has 2 aromatic rings. The van der Waals surface area contributed by atoms with Gasteiger partial charge in [-0.3, -0.25) is 4.79 Å². The van der Waals surface area contributed by atoms with E-state index in [-0.39, 0.29) is 5.91 Å². The highest BCUT2D eigenvalue weighted by Crippen LogP contribution is 2.16. The average molecular weight is 202 g/mol. The Bertz CT molecular complexity index is 499. The Morgan fingerprint density at radius 1 is 1.40 bits per heavy atom. The zero-order chi connectivity index (χ0) is 10.8. The van der Waals surface area contributed by atoms with Gasteiger partial charge in [-0.25, -0.2) is 0 Å². The first kappa shape index (κ1) is 9.77. The Balaban J connectivity index is 2.27. The molecule has 0 aliphatic heterocycles. The van der Waals surface area contributed by atoms with Crippen LogP contribution >= 0.6 is 0 Å². The second kappa shape index (κ2) is 3.77. The highest BCUT2D eigenvalue weighted by atomic mass is 16.1. The second-order valence-corrected chi connectivity index (χ2v) is 3.80. The van der Waals surface area contributed by atoms with E-state index in [1.54, 1.807) is 0 Å². The molecule has 1 aromatic carbocycles. The summed E-state index contributed by atoms with van der Waals surface area (Å²) in [7, 11) is 0. The molecule has 0 fully saturated rings. The molecule has 0 saturated carbocycles. The van der Waals surface area contributed by atoms with Gasteiger partial charge in [0.2, 0.25) is 5.91 Å². The largest absolute Gasteiger partial charge is 0.357 e. The van der Waals surface area contributed by atoms with E-state index >= 15 is 0 Å². The minimum absolute atomic E-state index is 0.00941. The fourth-order valence-electron chi connectivity index (χ4n) is 1.62. The van der Waals surface area contributed by atoms with Crippen molar-refractivity contribution in [2.45, 2.75) is 20.4 Å². The van der Waals surface area contributed by atoms with Crippen molar-refractivity contribution in [1.29, 1.82) is 0 Å². The number of nitrogens with one attached hydrogen (secondary N) is 2. The molecular weight excluding hydrogens is 188 g/mol. The number of aryl methyl sites for hydroxylation is 1. The van der Waals surface area contributed by atoms with Gasteiger partial charge < -0.3 is 10.3 Å². The van der Waals surface area contributed by atoms with E-state index in [9.17, 15) is 4.79 Å². The van der Waals surface area contributed by atoms with E-state index in [1.165, 1.54) is 17.9 Å². The molecule has 0 unspecified atom stereocenters. The van der Waals surface area contributed by atoms with Crippen molar-refractivity contribution >= 4 is 16.8 Å². The molecule has 1 amide bonds. The quantitative estimate of drug-likeness (QED) is 0.769. The monoisotopic (exact) mass is 202 g/mol. The smallest absolute Gasteiger partial charge is 0.217 e. The first-order chi connectivity index (χ1) is 7.15. The zero-order valence-electron chi connectivity index (χ0n) is 8.92. The van der Waals surface area contributed by atoms with Crippen LogP contribution in [0.5, 0.6) is 0 Å². The second-order valence-electron chi connectivity index (χ2n) is 3.80. The van der Waals surface area contributed by atoms with E-state index in [1.807, 2.05) is 0 Å². The van der Waals surface area contributed by atoms with Crippen LogP contribution in [0.15, 0.2) is 24.3 Å². The molecule has 0 spiro atoms. The Hall–Kier alpha value is -1.77. The van der Waals surface area contributed by atoms with Gasteiger partial charge in [-0.2, -0.15) is 0 Å². The molecule has 0 aliphatic rings. The summed E-state index contributed by atoms with van der Waals surface area (Å²) in [5.41, 5.74) is 3.39. The lowest BCUT2D eigenvalue weighted by Gasteiger charge is -1.97. The molecule has 0 atom stereocenters. The minimum Gasteiger partial charge on any atom is -0.357 e. The molecule has 78 valence electrons. The summed E-state index contributed by atoms with van der Waals surface area (Å²) in [5.74, 6) is -0.00941. The Kier molecular flexibility index (Phi) is 2.46. The summed E-state index contributed by atoms with van der Waals surface area (Å²) in [5, 5.41) is 3.95. The fraction of sp³-hybridized carbons (Fsp3) is 0.250. The molecule has 0 saturated heterocycles. The molecular formula is C12H14N2O. The number of aromatic amines is 1. The molecule has 3 heteroatoms. The van der Waals surface area contributed by atoms with Crippen molar-refractivity contribution in [3.05, 3.63) is 35.5 Å². The highest BCUT2D eigenvalue weighted by Gasteiger charge is 2.01. The van der Waals surface area contributed by atoms with Gasteiger partial charge in [0, 0.05) is 18.1 Å². The van der Waals surface area contributed by atoms with Crippen molar-refractivity contribution in [3.8, 4) is 0 Å². The zero-order valence-corrected chi connectivity index (χ0v) is 8.92. The van der Waals surface area contributed by atoms with E-state index in [2.05, 4.69) is 41.5 Å². The predicted molar refractivity (Wildman–Crippen MR) is 60.6 cm³/mol. The van der Waals surface area contributed by atoms with Crippen LogP contribution in [-0.2, 0) is 11.3 Å². The van der Waals surface area contributed by atoms with Gasteiger partial charge in [-0.05, 0) is 30.0 Å². The van der Waals surface area contributed by atoms with Gasteiger partial charge in [-0.15, -0.1) is 0 Å². The number of carbonyl (C=O) groups is 1. The Morgan fingerprint density at radius 2 is 2.20 bits per heavy atom. The molecule has 0 aliphatic carbocycles. The topological polar surface area (TPSA) is 44.9 Å². The molecule has 0 bridgehead atoms. The van der Waals surface area contributed by atoms with Crippen LogP contribution in [0.1, 0.15) is 18.2 Å². The van der Waals surface area contributed by atoms with Crippen LogP contribution in [0.25, 0.3) is 10.9 Å². The lowest BCUT2D eigenvalue weighted by molar-refractivity contribution is -0.119. The summed E-state index contributed by atoms with van der Waals surface area (Å²) in [6, 6.07) is 8.33. The average Bonchev–Trinajstić information content (AvgIpc) is 2.56. The lowest BCUT2D eigenvalue weighted by atomic mass is 10.2. The van der Waals surface area contributed by atoms with Gasteiger partial charge in [0.25, 0.3) is 0 Å². The number of aromatic nitrogens is 1. The Morgan fingerprint density at radius 3 is 2.93 bits per heavy atom. The molecule has 0 radical (unpaired) electrons. The molecule has 15 heavy (non-hydrogen) atoms.